The van der Waals surface area contributed by atoms with E-state index in [4.69, 9.17) is 4.98 Å². The normalized spacial score (nSPS) is 14.7. The maximum absolute atomic E-state index is 12.8. The maximum Gasteiger partial charge on any atom is 0.272 e. The fourth-order valence-electron chi connectivity index (χ4n) is 2.87. The van der Waals surface area contributed by atoms with E-state index in [0.717, 1.165) is 44.5 Å². The fourth-order valence-corrected chi connectivity index (χ4v) is 4.05. The summed E-state index contributed by atoms with van der Waals surface area (Å²) in [4.78, 5) is 19.9. The van der Waals surface area contributed by atoms with Gasteiger partial charge < -0.3 is 0 Å². The number of benzene rings is 1. The largest absolute Gasteiger partial charge is 0.272 e. The summed E-state index contributed by atoms with van der Waals surface area (Å²) >= 11 is 5.15. The van der Waals surface area contributed by atoms with Gasteiger partial charge in [-0.3, -0.25) is 9.78 Å². The number of carbonyl (C=O) groups excluding carboxylic acids is 1. The minimum Gasteiger partial charge on any atom is -0.267 e. The maximum atomic E-state index is 12.8. The Morgan fingerprint density at radius 3 is 2.77 bits per heavy atom. The molecule has 1 saturated carbocycles. The Balaban J connectivity index is 1.68. The van der Waals surface area contributed by atoms with E-state index in [2.05, 4.69) is 39.4 Å². The predicted octanol–water partition coefficient (Wildman–Crippen LogP) is 5.40. The number of hydrogen-bond acceptors (Lipinski definition) is 4. The van der Waals surface area contributed by atoms with Crippen LogP contribution in [0.5, 0.6) is 0 Å². The van der Waals surface area contributed by atoms with E-state index in [9.17, 15) is 4.79 Å². The SMILES string of the molecule is C/C(=N/NC(=O)c1cc(C2CC2)nc2ccc(Br)cc12)c1ccc(C)s1. The molecule has 0 atom stereocenters. The minimum absolute atomic E-state index is 0.204. The zero-order valence-electron chi connectivity index (χ0n) is 14.5. The molecule has 0 bridgehead atoms. The van der Waals surface area contributed by atoms with E-state index in [1.807, 2.05) is 37.3 Å². The van der Waals surface area contributed by atoms with Gasteiger partial charge in [-0.05, 0) is 63.1 Å². The number of carbonyl (C=O) groups is 1. The van der Waals surface area contributed by atoms with Crippen LogP contribution in [0.4, 0.5) is 0 Å². The third-order valence-corrected chi connectivity index (χ3v) is 6.06. The van der Waals surface area contributed by atoms with Crippen LogP contribution in [-0.4, -0.2) is 16.6 Å². The van der Waals surface area contributed by atoms with Crippen molar-refractivity contribution in [2.45, 2.75) is 32.6 Å². The molecule has 3 aromatic rings. The molecule has 0 unspecified atom stereocenters. The molecule has 1 aromatic carbocycles. The number of thiophene rings is 1. The van der Waals surface area contributed by atoms with Crippen molar-refractivity contribution in [3.63, 3.8) is 0 Å². The van der Waals surface area contributed by atoms with Crippen molar-refractivity contribution in [1.82, 2.24) is 10.4 Å². The van der Waals surface area contributed by atoms with Crippen LogP contribution in [0.15, 0.2) is 46.0 Å². The Kier molecular flexibility index (Phi) is 4.63. The predicted molar refractivity (Wildman–Crippen MR) is 110 cm³/mol. The van der Waals surface area contributed by atoms with Crippen LogP contribution < -0.4 is 5.43 Å². The molecule has 1 N–H and O–H groups in total. The number of rotatable bonds is 4. The van der Waals surface area contributed by atoms with Gasteiger partial charge in [-0.2, -0.15) is 5.10 Å². The topological polar surface area (TPSA) is 54.4 Å². The van der Waals surface area contributed by atoms with Gasteiger partial charge >= 0.3 is 0 Å². The van der Waals surface area contributed by atoms with Crippen LogP contribution >= 0.6 is 27.3 Å². The first-order chi connectivity index (χ1) is 12.5. The van der Waals surface area contributed by atoms with Gasteiger partial charge in [0.2, 0.25) is 0 Å². The lowest BCUT2D eigenvalue weighted by Crippen LogP contribution is -2.20. The molecule has 0 spiro atoms. The average Bonchev–Trinajstić information content (AvgIpc) is 3.39. The summed E-state index contributed by atoms with van der Waals surface area (Å²) < 4.78 is 0.925. The van der Waals surface area contributed by atoms with Gasteiger partial charge in [-0.25, -0.2) is 5.43 Å². The summed E-state index contributed by atoms with van der Waals surface area (Å²) in [6.07, 6.45) is 2.29. The Morgan fingerprint density at radius 1 is 1.27 bits per heavy atom. The molecule has 0 radical (unpaired) electrons. The molecule has 6 heteroatoms. The monoisotopic (exact) mass is 427 g/mol. The minimum atomic E-state index is -0.204. The second kappa shape index (κ2) is 6.93. The number of nitrogens with zero attached hydrogens (tertiary/aromatic N) is 2. The molecule has 1 fully saturated rings. The van der Waals surface area contributed by atoms with Gasteiger partial charge in [0.15, 0.2) is 0 Å². The average molecular weight is 428 g/mol. The number of fused-ring (bicyclic) bond motifs is 1. The second-order valence-corrected chi connectivity index (χ2v) is 8.78. The molecular weight excluding hydrogens is 410 g/mol. The number of nitrogens with one attached hydrogen (secondary N) is 1. The van der Waals surface area contributed by atoms with Crippen molar-refractivity contribution in [1.29, 1.82) is 0 Å². The van der Waals surface area contributed by atoms with Gasteiger partial charge in [-0.15, -0.1) is 11.3 Å². The highest BCUT2D eigenvalue weighted by Gasteiger charge is 2.27. The van der Waals surface area contributed by atoms with E-state index in [1.54, 1.807) is 11.3 Å². The van der Waals surface area contributed by atoms with E-state index in [-0.39, 0.29) is 5.91 Å². The molecule has 0 saturated heterocycles. The van der Waals surface area contributed by atoms with Crippen LogP contribution in [0.25, 0.3) is 10.9 Å². The van der Waals surface area contributed by atoms with Crippen molar-refractivity contribution in [3.8, 4) is 0 Å². The lowest BCUT2D eigenvalue weighted by molar-refractivity contribution is 0.0956. The molecule has 0 aliphatic heterocycles. The molecule has 26 heavy (non-hydrogen) atoms. The zero-order valence-corrected chi connectivity index (χ0v) is 16.9. The quantitative estimate of drug-likeness (QED) is 0.447. The third kappa shape index (κ3) is 3.57. The van der Waals surface area contributed by atoms with Crippen molar-refractivity contribution >= 4 is 49.8 Å². The van der Waals surface area contributed by atoms with Crippen LogP contribution in [0, 0.1) is 6.92 Å². The number of halogens is 1. The number of hydrogen-bond donors (Lipinski definition) is 1. The van der Waals surface area contributed by atoms with Crippen LogP contribution in [0.2, 0.25) is 0 Å². The highest BCUT2D eigenvalue weighted by molar-refractivity contribution is 9.10. The van der Waals surface area contributed by atoms with Gasteiger partial charge in [0.1, 0.15) is 0 Å². The van der Waals surface area contributed by atoms with Gasteiger partial charge in [0.25, 0.3) is 5.91 Å². The number of aromatic nitrogens is 1. The Bertz CT molecular complexity index is 1040. The standard InChI is InChI=1S/C20H18BrN3OS/c1-11-3-8-19(26-11)12(2)23-24-20(25)16-10-18(13-4-5-13)22-17-7-6-14(21)9-15(16)17/h3,6-10,13H,4-5H2,1-2H3,(H,24,25)/b23-12-. The third-order valence-electron chi connectivity index (χ3n) is 4.45. The highest BCUT2D eigenvalue weighted by atomic mass is 79.9. The van der Waals surface area contributed by atoms with Gasteiger partial charge in [-0.1, -0.05) is 15.9 Å². The second-order valence-electron chi connectivity index (χ2n) is 6.58. The molecule has 4 rings (SSSR count). The first-order valence-electron chi connectivity index (χ1n) is 8.53. The van der Waals surface area contributed by atoms with E-state index >= 15 is 0 Å². The smallest absolute Gasteiger partial charge is 0.267 e. The first-order valence-corrected chi connectivity index (χ1v) is 10.1. The van der Waals surface area contributed by atoms with Gasteiger partial charge in [0.05, 0.1) is 21.7 Å². The van der Waals surface area contributed by atoms with Crippen LogP contribution in [-0.2, 0) is 0 Å². The highest BCUT2D eigenvalue weighted by Crippen LogP contribution is 2.40. The first kappa shape index (κ1) is 17.4. The Labute approximate surface area is 164 Å². The summed E-state index contributed by atoms with van der Waals surface area (Å²) in [6, 6.07) is 11.8. The van der Waals surface area contributed by atoms with E-state index < -0.39 is 0 Å². The summed E-state index contributed by atoms with van der Waals surface area (Å²) in [5.74, 6) is 0.277. The molecule has 1 amide bonds. The molecular formula is C20H18BrN3OS. The lowest BCUT2D eigenvalue weighted by atomic mass is 10.1. The van der Waals surface area contributed by atoms with Crippen LogP contribution in [0.3, 0.4) is 0 Å². The fraction of sp³-hybridized carbons (Fsp3) is 0.250. The van der Waals surface area contributed by atoms with Gasteiger partial charge in [0, 0.05) is 26.3 Å². The van der Waals surface area contributed by atoms with Crippen molar-refractivity contribution in [3.05, 3.63) is 61.9 Å². The van der Waals surface area contributed by atoms with Crippen LogP contribution in [0.1, 0.15) is 51.5 Å². The molecule has 1 aliphatic carbocycles. The summed E-state index contributed by atoms with van der Waals surface area (Å²) in [5.41, 5.74) is 5.99. The Morgan fingerprint density at radius 2 is 2.08 bits per heavy atom. The lowest BCUT2D eigenvalue weighted by Gasteiger charge is -2.09. The number of aryl methyl sites for hydroxylation is 1. The Hall–Kier alpha value is -2.05. The summed E-state index contributed by atoms with van der Waals surface area (Å²) in [7, 11) is 0. The van der Waals surface area contributed by atoms with Crippen molar-refractivity contribution in [2.75, 3.05) is 0 Å². The summed E-state index contributed by atoms with van der Waals surface area (Å²) in [5, 5.41) is 5.13. The molecule has 4 nitrogen and oxygen atoms in total. The van der Waals surface area contributed by atoms with Crippen molar-refractivity contribution < 1.29 is 4.79 Å². The number of amides is 1. The molecule has 132 valence electrons. The van der Waals surface area contributed by atoms with Crippen molar-refractivity contribution in [2.24, 2.45) is 5.10 Å². The van der Waals surface area contributed by atoms with E-state index in [1.165, 1.54) is 4.88 Å². The molecule has 1 aliphatic rings. The molecule has 2 aromatic heterocycles. The zero-order chi connectivity index (χ0) is 18.3. The van der Waals surface area contributed by atoms with E-state index in [0.29, 0.717) is 11.5 Å². The summed E-state index contributed by atoms with van der Waals surface area (Å²) in [6.45, 7) is 3.96. The molecule has 2 heterocycles. The number of pyridine rings is 1. The number of hydrazone groups is 1.